The number of aromatic nitrogens is 1. The number of ether oxygens (including phenoxy) is 1. The maximum atomic E-state index is 13.5. The van der Waals surface area contributed by atoms with Crippen molar-refractivity contribution in [2.75, 3.05) is 17.7 Å². The predicted octanol–water partition coefficient (Wildman–Crippen LogP) is 8.85. The number of nitrogens with one attached hydrogen (secondary N) is 2. The lowest BCUT2D eigenvalue weighted by Crippen LogP contribution is -2.19. The first-order chi connectivity index (χ1) is 19.9. The number of nitrogens with zero attached hydrogens (tertiary/aromatic N) is 1. The van der Waals surface area contributed by atoms with Gasteiger partial charge in [-0.2, -0.15) is 0 Å². The lowest BCUT2D eigenvalue weighted by Gasteiger charge is -2.16. The topological polar surface area (TPSA) is 80.3 Å². The highest BCUT2D eigenvalue weighted by atomic mass is 35.5. The van der Waals surface area contributed by atoms with Crippen molar-refractivity contribution in [1.82, 2.24) is 4.98 Å². The second-order valence-electron chi connectivity index (χ2n) is 8.78. The van der Waals surface area contributed by atoms with E-state index in [1.807, 2.05) is 66.0 Å². The summed E-state index contributed by atoms with van der Waals surface area (Å²) < 4.78 is 5.20. The van der Waals surface area contributed by atoms with Crippen LogP contribution in [0.5, 0.6) is 5.75 Å². The first-order valence-corrected chi connectivity index (χ1v) is 14.9. The molecule has 1 heterocycles. The molecule has 5 aromatic rings. The van der Waals surface area contributed by atoms with Crippen LogP contribution in [0.3, 0.4) is 0 Å². The minimum atomic E-state index is -0.536. The van der Waals surface area contributed by atoms with Crippen LogP contribution < -0.4 is 15.4 Å². The second-order valence-corrected chi connectivity index (χ2v) is 11.6. The molecule has 206 valence electrons. The van der Waals surface area contributed by atoms with Gasteiger partial charge >= 0.3 is 0 Å². The summed E-state index contributed by atoms with van der Waals surface area (Å²) in [6.45, 7) is 0. The average molecular weight is 621 g/mol. The van der Waals surface area contributed by atoms with Crippen LogP contribution in [0, 0.1) is 0 Å². The molecule has 0 radical (unpaired) electrons. The number of hydrogen-bond acceptors (Lipinski definition) is 6. The van der Waals surface area contributed by atoms with Crippen LogP contribution in [0.4, 0.5) is 10.8 Å². The van der Waals surface area contributed by atoms with Crippen molar-refractivity contribution in [3.05, 3.63) is 124 Å². The number of halogens is 2. The van der Waals surface area contributed by atoms with E-state index in [1.165, 1.54) is 23.1 Å². The molecule has 10 heteroatoms. The maximum Gasteiger partial charge on any atom is 0.255 e. The fraction of sp³-hybridized carbons (Fsp3) is 0.0645. The zero-order valence-corrected chi connectivity index (χ0v) is 24.8. The van der Waals surface area contributed by atoms with Crippen LogP contribution in [0.15, 0.2) is 107 Å². The Balaban J connectivity index is 1.29. The molecule has 5 rings (SSSR count). The van der Waals surface area contributed by atoms with Gasteiger partial charge in [0.1, 0.15) is 11.0 Å². The van der Waals surface area contributed by atoms with Crippen molar-refractivity contribution >= 4 is 68.9 Å². The van der Waals surface area contributed by atoms with Crippen molar-refractivity contribution < 1.29 is 14.3 Å². The Bertz CT molecular complexity index is 1680. The molecule has 0 aliphatic heterocycles. The van der Waals surface area contributed by atoms with E-state index in [0.29, 0.717) is 37.9 Å². The SMILES string of the molecule is COc1cccc(C(=O)Nc2ccc(SC(C(=O)Nc3nc(-c4ccc(Cl)c(Cl)c4)cs3)c3ccccc3)cc2)c1. The monoisotopic (exact) mass is 619 g/mol. The van der Waals surface area contributed by atoms with Gasteiger partial charge in [-0.1, -0.05) is 65.7 Å². The number of benzene rings is 4. The number of thioether (sulfide) groups is 1. The number of rotatable bonds is 9. The van der Waals surface area contributed by atoms with Gasteiger partial charge in [0.2, 0.25) is 5.91 Å². The molecule has 0 bridgehead atoms. The summed E-state index contributed by atoms with van der Waals surface area (Å²) in [5, 5.41) is 8.57. The predicted molar refractivity (Wildman–Crippen MR) is 169 cm³/mol. The summed E-state index contributed by atoms with van der Waals surface area (Å²) in [6, 6.07) is 29.2. The molecular weight excluding hydrogens is 597 g/mol. The maximum absolute atomic E-state index is 13.5. The quantitative estimate of drug-likeness (QED) is 0.161. The number of thiazole rings is 1. The van der Waals surface area contributed by atoms with E-state index in [4.69, 9.17) is 27.9 Å². The minimum absolute atomic E-state index is 0.202. The van der Waals surface area contributed by atoms with Crippen LogP contribution in [-0.2, 0) is 4.79 Å². The molecule has 0 saturated heterocycles. The Morgan fingerprint density at radius 2 is 1.66 bits per heavy atom. The molecule has 1 unspecified atom stereocenters. The third-order valence-corrected chi connectivity index (χ3v) is 8.75. The molecule has 0 aliphatic rings. The van der Waals surface area contributed by atoms with Crippen molar-refractivity contribution in [2.45, 2.75) is 10.1 Å². The van der Waals surface area contributed by atoms with Crippen LogP contribution in [0.25, 0.3) is 11.3 Å². The van der Waals surface area contributed by atoms with Gasteiger partial charge in [-0.25, -0.2) is 4.98 Å². The Hall–Kier alpha value is -3.82. The molecule has 0 saturated carbocycles. The van der Waals surface area contributed by atoms with E-state index >= 15 is 0 Å². The van der Waals surface area contributed by atoms with Gasteiger partial charge in [0, 0.05) is 27.1 Å². The number of anilines is 2. The number of carbonyl (C=O) groups is 2. The summed E-state index contributed by atoms with van der Waals surface area (Å²) in [7, 11) is 1.56. The molecule has 41 heavy (non-hydrogen) atoms. The largest absolute Gasteiger partial charge is 0.497 e. The van der Waals surface area contributed by atoms with E-state index in [-0.39, 0.29) is 11.8 Å². The van der Waals surface area contributed by atoms with Gasteiger partial charge in [0.15, 0.2) is 5.13 Å². The van der Waals surface area contributed by atoms with E-state index in [9.17, 15) is 9.59 Å². The van der Waals surface area contributed by atoms with Crippen molar-refractivity contribution in [2.24, 2.45) is 0 Å². The average Bonchev–Trinajstić information content (AvgIpc) is 3.47. The van der Waals surface area contributed by atoms with E-state index in [2.05, 4.69) is 15.6 Å². The number of carbonyl (C=O) groups excluding carboxylic acids is 2. The molecule has 0 aliphatic carbocycles. The third kappa shape index (κ3) is 7.28. The second kappa shape index (κ2) is 13.2. The Kier molecular flexibility index (Phi) is 9.26. The minimum Gasteiger partial charge on any atom is -0.497 e. The first kappa shape index (κ1) is 28.7. The molecule has 1 atom stereocenters. The van der Waals surface area contributed by atoms with Crippen LogP contribution >= 0.6 is 46.3 Å². The molecule has 2 amide bonds. The molecular formula is C31H23Cl2N3O3S2. The Morgan fingerprint density at radius 1 is 0.878 bits per heavy atom. The third-order valence-electron chi connectivity index (χ3n) is 5.99. The van der Waals surface area contributed by atoms with E-state index < -0.39 is 5.25 Å². The number of hydrogen-bond donors (Lipinski definition) is 2. The smallest absolute Gasteiger partial charge is 0.255 e. The van der Waals surface area contributed by atoms with Crippen LogP contribution in [0.2, 0.25) is 10.0 Å². The molecule has 4 aromatic carbocycles. The summed E-state index contributed by atoms with van der Waals surface area (Å²) >= 11 is 14.9. The zero-order valence-electron chi connectivity index (χ0n) is 21.6. The van der Waals surface area contributed by atoms with Gasteiger partial charge in [-0.05, 0) is 60.2 Å². The molecule has 0 fully saturated rings. The van der Waals surface area contributed by atoms with E-state index in [1.54, 1.807) is 43.5 Å². The standard InChI is InChI=1S/C31H23Cl2N3O3S2/c1-39-23-9-5-8-21(16-23)29(37)34-22-11-13-24(14-12-22)41-28(19-6-3-2-4-7-19)30(38)36-31-35-27(18-40-31)20-10-15-25(32)26(33)17-20/h2-18,28H,1H3,(H,34,37)(H,35,36,38). The highest BCUT2D eigenvalue weighted by molar-refractivity contribution is 8.00. The lowest BCUT2D eigenvalue weighted by molar-refractivity contribution is -0.115. The zero-order chi connectivity index (χ0) is 28.8. The van der Waals surface area contributed by atoms with Crippen LogP contribution in [-0.4, -0.2) is 23.9 Å². The Labute approximate surface area is 255 Å². The van der Waals surface area contributed by atoms with Gasteiger partial charge < -0.3 is 15.4 Å². The number of amides is 2. The van der Waals surface area contributed by atoms with Gasteiger partial charge in [0.25, 0.3) is 5.91 Å². The molecule has 2 N–H and O–H groups in total. The van der Waals surface area contributed by atoms with Crippen molar-refractivity contribution in [3.8, 4) is 17.0 Å². The first-order valence-electron chi connectivity index (χ1n) is 12.4. The molecule has 0 spiro atoms. The summed E-state index contributed by atoms with van der Waals surface area (Å²) in [6.07, 6.45) is 0. The van der Waals surface area contributed by atoms with E-state index in [0.717, 1.165) is 16.0 Å². The lowest BCUT2D eigenvalue weighted by atomic mass is 10.1. The van der Waals surface area contributed by atoms with Gasteiger partial charge in [-0.15, -0.1) is 23.1 Å². The normalized spacial score (nSPS) is 11.5. The highest BCUT2D eigenvalue weighted by Gasteiger charge is 2.23. The summed E-state index contributed by atoms with van der Waals surface area (Å²) in [5.74, 6) is 0.166. The van der Waals surface area contributed by atoms with Crippen LogP contribution in [0.1, 0.15) is 21.2 Å². The summed E-state index contributed by atoms with van der Waals surface area (Å²) in [5.41, 5.74) is 3.49. The fourth-order valence-corrected chi connectivity index (χ4v) is 5.96. The van der Waals surface area contributed by atoms with Crippen molar-refractivity contribution in [1.29, 1.82) is 0 Å². The van der Waals surface area contributed by atoms with Gasteiger partial charge in [0.05, 0.1) is 22.8 Å². The Morgan fingerprint density at radius 3 is 2.39 bits per heavy atom. The summed E-state index contributed by atoms with van der Waals surface area (Å²) in [4.78, 5) is 31.6. The fourth-order valence-electron chi connectivity index (χ4n) is 3.91. The molecule has 6 nitrogen and oxygen atoms in total. The molecule has 1 aromatic heterocycles. The van der Waals surface area contributed by atoms with Gasteiger partial charge in [-0.3, -0.25) is 9.59 Å². The van der Waals surface area contributed by atoms with Crippen molar-refractivity contribution in [3.63, 3.8) is 0 Å². The number of methoxy groups -OCH3 is 1. The highest BCUT2D eigenvalue weighted by Crippen LogP contribution is 2.37.